The number of carboxylic acids is 1. The van der Waals surface area contributed by atoms with Gasteiger partial charge in [-0.2, -0.15) is 5.10 Å². The summed E-state index contributed by atoms with van der Waals surface area (Å²) in [6.07, 6.45) is 2.46. The lowest BCUT2D eigenvalue weighted by atomic mass is 9.99. The van der Waals surface area contributed by atoms with Gasteiger partial charge in [0.05, 0.1) is 18.3 Å². The first kappa shape index (κ1) is 22.4. The number of benzene rings is 3. The van der Waals surface area contributed by atoms with E-state index in [0.717, 1.165) is 52.1 Å². The van der Waals surface area contributed by atoms with Gasteiger partial charge in [-0.25, -0.2) is 0 Å². The highest BCUT2D eigenvalue weighted by atomic mass is 16.5. The number of aromatic nitrogens is 2. The molecule has 0 saturated heterocycles. The second kappa shape index (κ2) is 10.2. The lowest BCUT2D eigenvalue weighted by Gasteiger charge is -2.20. The normalized spacial score (nSPS) is 11.0. The van der Waals surface area contributed by atoms with Gasteiger partial charge >= 0.3 is 5.97 Å². The number of rotatable bonds is 10. The van der Waals surface area contributed by atoms with Crippen molar-refractivity contribution in [3.05, 3.63) is 78.5 Å². The Morgan fingerprint density at radius 1 is 1.09 bits per heavy atom. The van der Waals surface area contributed by atoms with Crippen LogP contribution < -0.4 is 9.64 Å². The summed E-state index contributed by atoms with van der Waals surface area (Å²) in [7, 11) is 2.05. The van der Waals surface area contributed by atoms with Gasteiger partial charge in [-0.3, -0.25) is 9.48 Å². The quantitative estimate of drug-likeness (QED) is 0.362. The van der Waals surface area contributed by atoms with Crippen LogP contribution in [0.2, 0.25) is 0 Å². The molecule has 33 heavy (non-hydrogen) atoms. The molecule has 0 spiro atoms. The standard InChI is InChI=1S/C27H29N3O3/c1-3-30-25-12-11-21(18-22(25)19-28-30)24-17-20(10-14-27(31)32)9-13-26(24)33-16-15-29(2)23-7-5-4-6-8-23/h4-9,11-13,17-19H,3,10,14-16H2,1-2H3,(H,31,32). The SMILES string of the molecule is CCn1ncc2cc(-c3cc(CCC(=O)O)ccc3OCCN(C)c3ccccc3)ccc21. The van der Waals surface area contributed by atoms with Gasteiger partial charge in [-0.15, -0.1) is 0 Å². The van der Waals surface area contributed by atoms with Crippen molar-refractivity contribution in [1.29, 1.82) is 0 Å². The monoisotopic (exact) mass is 443 g/mol. The molecule has 3 aromatic carbocycles. The summed E-state index contributed by atoms with van der Waals surface area (Å²) in [5.41, 5.74) is 5.21. The number of carbonyl (C=O) groups is 1. The van der Waals surface area contributed by atoms with Crippen molar-refractivity contribution in [2.75, 3.05) is 25.1 Å². The number of aryl methyl sites for hydroxylation is 2. The summed E-state index contributed by atoms with van der Waals surface area (Å²) >= 11 is 0. The maximum Gasteiger partial charge on any atom is 0.303 e. The predicted molar refractivity (Wildman–Crippen MR) is 132 cm³/mol. The fourth-order valence-electron chi connectivity index (χ4n) is 3.95. The van der Waals surface area contributed by atoms with Crippen LogP contribution in [0.1, 0.15) is 18.9 Å². The fourth-order valence-corrected chi connectivity index (χ4v) is 3.95. The number of anilines is 1. The van der Waals surface area contributed by atoms with Gasteiger partial charge in [0.1, 0.15) is 12.4 Å². The van der Waals surface area contributed by atoms with Crippen LogP contribution in [-0.4, -0.2) is 41.1 Å². The molecule has 0 unspecified atom stereocenters. The van der Waals surface area contributed by atoms with E-state index in [1.54, 1.807) is 0 Å². The van der Waals surface area contributed by atoms with Crippen molar-refractivity contribution in [1.82, 2.24) is 9.78 Å². The molecule has 0 aliphatic heterocycles. The Kier molecular flexibility index (Phi) is 6.93. The number of hydrogen-bond acceptors (Lipinski definition) is 4. The molecule has 0 saturated carbocycles. The molecule has 0 aliphatic carbocycles. The van der Waals surface area contributed by atoms with E-state index in [1.165, 1.54) is 0 Å². The molecule has 0 amide bonds. The van der Waals surface area contributed by atoms with Crippen LogP contribution in [0.5, 0.6) is 5.75 Å². The summed E-state index contributed by atoms with van der Waals surface area (Å²) < 4.78 is 8.20. The van der Waals surface area contributed by atoms with E-state index in [-0.39, 0.29) is 6.42 Å². The molecule has 1 aromatic heterocycles. The van der Waals surface area contributed by atoms with Crippen molar-refractivity contribution in [2.24, 2.45) is 0 Å². The second-order valence-electron chi connectivity index (χ2n) is 8.06. The zero-order valence-electron chi connectivity index (χ0n) is 19.1. The molecule has 0 radical (unpaired) electrons. The van der Waals surface area contributed by atoms with E-state index in [2.05, 4.69) is 47.3 Å². The van der Waals surface area contributed by atoms with Crippen LogP contribution in [-0.2, 0) is 17.8 Å². The molecule has 0 bridgehead atoms. The van der Waals surface area contributed by atoms with Gasteiger partial charge in [-0.05, 0) is 60.9 Å². The molecule has 0 atom stereocenters. The summed E-state index contributed by atoms with van der Waals surface area (Å²) in [4.78, 5) is 13.2. The van der Waals surface area contributed by atoms with E-state index >= 15 is 0 Å². The minimum atomic E-state index is -0.797. The first-order chi connectivity index (χ1) is 16.0. The van der Waals surface area contributed by atoms with Crippen molar-refractivity contribution in [3.8, 4) is 16.9 Å². The van der Waals surface area contributed by atoms with Crippen molar-refractivity contribution >= 4 is 22.6 Å². The minimum absolute atomic E-state index is 0.101. The number of para-hydroxylation sites is 1. The Hall–Kier alpha value is -3.80. The van der Waals surface area contributed by atoms with Gasteiger partial charge in [-0.1, -0.05) is 30.3 Å². The van der Waals surface area contributed by atoms with Crippen LogP contribution in [0.4, 0.5) is 5.69 Å². The maximum atomic E-state index is 11.1. The zero-order valence-corrected chi connectivity index (χ0v) is 19.1. The van der Waals surface area contributed by atoms with Gasteiger partial charge < -0.3 is 14.7 Å². The van der Waals surface area contributed by atoms with Crippen LogP contribution in [0.25, 0.3) is 22.0 Å². The van der Waals surface area contributed by atoms with Gasteiger partial charge in [0, 0.05) is 36.7 Å². The summed E-state index contributed by atoms with van der Waals surface area (Å²) in [5.74, 6) is -0.00741. The summed E-state index contributed by atoms with van der Waals surface area (Å²) in [6, 6.07) is 22.4. The maximum absolute atomic E-state index is 11.1. The fraction of sp³-hybridized carbons (Fsp3) is 0.259. The number of carboxylic acid groups (broad SMARTS) is 1. The summed E-state index contributed by atoms with van der Waals surface area (Å²) in [6.45, 7) is 4.16. The molecule has 1 N–H and O–H groups in total. The van der Waals surface area contributed by atoms with Gasteiger partial charge in [0.25, 0.3) is 0 Å². The number of aliphatic carboxylic acids is 1. The van der Waals surface area contributed by atoms with Crippen LogP contribution >= 0.6 is 0 Å². The van der Waals surface area contributed by atoms with Crippen molar-refractivity contribution < 1.29 is 14.6 Å². The first-order valence-electron chi connectivity index (χ1n) is 11.2. The molecule has 0 fully saturated rings. The van der Waals surface area contributed by atoms with E-state index in [1.807, 2.05) is 54.3 Å². The lowest BCUT2D eigenvalue weighted by molar-refractivity contribution is -0.136. The minimum Gasteiger partial charge on any atom is -0.491 e. The molecule has 6 heteroatoms. The summed E-state index contributed by atoms with van der Waals surface area (Å²) in [5, 5.41) is 14.6. The van der Waals surface area contributed by atoms with E-state index in [0.29, 0.717) is 13.0 Å². The Balaban J connectivity index is 1.58. The van der Waals surface area contributed by atoms with Crippen LogP contribution in [0.15, 0.2) is 72.9 Å². The number of nitrogens with zero attached hydrogens (tertiary/aromatic N) is 3. The average molecular weight is 444 g/mol. The van der Waals surface area contributed by atoms with Crippen LogP contribution in [0, 0.1) is 0 Å². The molecular formula is C27H29N3O3. The third kappa shape index (κ3) is 5.34. The molecule has 170 valence electrons. The molecule has 0 aliphatic rings. The Labute approximate surface area is 194 Å². The molecule has 1 heterocycles. The predicted octanol–water partition coefficient (Wildman–Crippen LogP) is 5.26. The topological polar surface area (TPSA) is 67.6 Å². The molecule has 4 rings (SSSR count). The lowest BCUT2D eigenvalue weighted by Crippen LogP contribution is -2.23. The Morgan fingerprint density at radius 2 is 1.91 bits per heavy atom. The van der Waals surface area contributed by atoms with Gasteiger partial charge in [0.2, 0.25) is 0 Å². The average Bonchev–Trinajstić information content (AvgIpc) is 3.26. The highest BCUT2D eigenvalue weighted by Gasteiger charge is 2.12. The number of likely N-dealkylation sites (N-methyl/N-ethyl adjacent to an activating group) is 1. The molecule has 6 nitrogen and oxygen atoms in total. The first-order valence-corrected chi connectivity index (χ1v) is 11.2. The molecule has 4 aromatic rings. The highest BCUT2D eigenvalue weighted by molar-refractivity contribution is 5.86. The van der Waals surface area contributed by atoms with E-state index in [9.17, 15) is 4.79 Å². The zero-order chi connectivity index (χ0) is 23.2. The van der Waals surface area contributed by atoms with Gasteiger partial charge in [0.15, 0.2) is 0 Å². The van der Waals surface area contributed by atoms with E-state index < -0.39 is 5.97 Å². The number of hydrogen-bond donors (Lipinski definition) is 1. The van der Waals surface area contributed by atoms with E-state index in [4.69, 9.17) is 9.84 Å². The highest BCUT2D eigenvalue weighted by Crippen LogP contribution is 2.33. The van der Waals surface area contributed by atoms with Crippen molar-refractivity contribution in [3.63, 3.8) is 0 Å². The third-order valence-corrected chi connectivity index (χ3v) is 5.81. The Morgan fingerprint density at radius 3 is 2.67 bits per heavy atom. The number of fused-ring (bicyclic) bond motifs is 1. The smallest absolute Gasteiger partial charge is 0.303 e. The Bertz CT molecular complexity index is 1230. The third-order valence-electron chi connectivity index (χ3n) is 5.81. The molecular weight excluding hydrogens is 414 g/mol. The number of ether oxygens (including phenoxy) is 1. The van der Waals surface area contributed by atoms with Crippen molar-refractivity contribution in [2.45, 2.75) is 26.3 Å². The largest absolute Gasteiger partial charge is 0.491 e. The van der Waals surface area contributed by atoms with Crippen LogP contribution in [0.3, 0.4) is 0 Å². The second-order valence-corrected chi connectivity index (χ2v) is 8.06.